The van der Waals surface area contributed by atoms with Crippen LogP contribution in [0.1, 0.15) is 44.7 Å². The van der Waals surface area contributed by atoms with Crippen molar-refractivity contribution < 1.29 is 27.2 Å². The van der Waals surface area contributed by atoms with Gasteiger partial charge in [-0.05, 0) is 73.0 Å². The molecule has 0 aliphatic rings. The second kappa shape index (κ2) is 12.4. The van der Waals surface area contributed by atoms with Gasteiger partial charge in [-0.25, -0.2) is 4.98 Å². The Labute approximate surface area is 286 Å². The van der Waals surface area contributed by atoms with Crippen LogP contribution in [0.5, 0.6) is 11.5 Å². The van der Waals surface area contributed by atoms with Crippen LogP contribution in [0.4, 0.5) is 0 Å². The fraction of sp³-hybridized carbons (Fsp3) is 0.200. The summed E-state index contributed by atoms with van der Waals surface area (Å²) in [5, 5.41) is 6.93. The Morgan fingerprint density at radius 2 is 1.65 bits per heavy atom. The summed E-state index contributed by atoms with van der Waals surface area (Å²) in [7, 11) is 0. The van der Waals surface area contributed by atoms with Gasteiger partial charge in [0.2, 0.25) is 0 Å². The molecule has 4 aromatic carbocycles. The van der Waals surface area contributed by atoms with E-state index in [9.17, 15) is 0 Å². The SMILES string of the molecule is [2H]c1ccc2c(c1)c1ccc(Oc3[c-]c(-n4nc(C)c(-c5ccccc5)c4C)cc(CC(C)(C)C)c3)[c-]c1n2-c1cc(C)ccn1.[Pt+2]. The van der Waals surface area contributed by atoms with E-state index < -0.39 is 0 Å². The van der Waals surface area contributed by atoms with Crippen molar-refractivity contribution >= 4 is 21.8 Å². The predicted octanol–water partition coefficient (Wildman–Crippen LogP) is 9.94. The maximum Gasteiger partial charge on any atom is 2.00 e. The molecule has 0 radical (unpaired) electrons. The van der Waals surface area contributed by atoms with E-state index in [4.69, 9.17) is 11.2 Å². The van der Waals surface area contributed by atoms with Crippen molar-refractivity contribution in [1.29, 1.82) is 0 Å². The van der Waals surface area contributed by atoms with Crippen LogP contribution in [0.25, 0.3) is 44.4 Å². The third kappa shape index (κ3) is 6.04. The zero-order chi connectivity index (χ0) is 32.2. The van der Waals surface area contributed by atoms with Gasteiger partial charge in [0.25, 0.3) is 0 Å². The van der Waals surface area contributed by atoms with Gasteiger partial charge in [-0.1, -0.05) is 74.8 Å². The van der Waals surface area contributed by atoms with E-state index >= 15 is 0 Å². The second-order valence-electron chi connectivity index (χ2n) is 13.0. The number of aromatic nitrogens is 4. The number of aryl methyl sites for hydroxylation is 2. The van der Waals surface area contributed by atoms with Crippen LogP contribution in [-0.4, -0.2) is 19.3 Å². The first-order valence-electron chi connectivity index (χ1n) is 15.8. The molecule has 3 heterocycles. The Balaban J connectivity index is 0.00000386. The molecule has 6 heteroatoms. The van der Waals surface area contributed by atoms with Crippen molar-refractivity contribution in [3.8, 4) is 34.1 Å². The van der Waals surface area contributed by atoms with Gasteiger partial charge in [0.05, 0.1) is 7.06 Å². The number of rotatable bonds is 6. The molecular weight excluding hydrogens is 748 g/mol. The number of nitrogens with zero attached hydrogens (tertiary/aromatic N) is 4. The molecule has 0 atom stereocenters. The first-order chi connectivity index (χ1) is 22.0. The van der Waals surface area contributed by atoms with E-state index in [2.05, 4.69) is 106 Å². The fourth-order valence-corrected chi connectivity index (χ4v) is 6.24. The Morgan fingerprint density at radius 3 is 2.41 bits per heavy atom. The topological polar surface area (TPSA) is 44.9 Å². The molecular formula is C40H36N4OPt. The molecule has 7 aromatic rings. The molecule has 232 valence electrons. The molecule has 0 N–H and O–H groups in total. The fourth-order valence-electron chi connectivity index (χ4n) is 6.24. The summed E-state index contributed by atoms with van der Waals surface area (Å²) in [6, 6.07) is 35.9. The van der Waals surface area contributed by atoms with Crippen molar-refractivity contribution in [2.75, 3.05) is 0 Å². The normalized spacial score (nSPS) is 11.9. The summed E-state index contributed by atoms with van der Waals surface area (Å²) in [4.78, 5) is 4.69. The van der Waals surface area contributed by atoms with Crippen LogP contribution < -0.4 is 4.74 Å². The molecule has 3 aromatic heterocycles. The summed E-state index contributed by atoms with van der Waals surface area (Å²) < 4.78 is 18.9. The molecule has 0 amide bonds. The maximum atomic E-state index is 8.27. The van der Waals surface area contributed by atoms with Crippen molar-refractivity contribution in [2.45, 2.75) is 48.0 Å². The third-order valence-electron chi connectivity index (χ3n) is 8.05. The summed E-state index contributed by atoms with van der Waals surface area (Å²) in [5.41, 5.74) is 9.27. The smallest absolute Gasteiger partial charge is 0.509 e. The Hall–Kier alpha value is -4.47. The number of fused-ring (bicyclic) bond motifs is 3. The quantitative estimate of drug-likeness (QED) is 0.158. The van der Waals surface area contributed by atoms with Gasteiger partial charge < -0.3 is 9.30 Å². The number of hydrogen-bond acceptors (Lipinski definition) is 3. The Morgan fingerprint density at radius 1 is 0.848 bits per heavy atom. The summed E-state index contributed by atoms with van der Waals surface area (Å²) in [6.07, 6.45) is 2.68. The zero-order valence-electron chi connectivity index (χ0n) is 27.9. The molecule has 0 aliphatic heterocycles. The predicted molar refractivity (Wildman–Crippen MR) is 183 cm³/mol. The van der Waals surface area contributed by atoms with E-state index in [0.717, 1.165) is 73.4 Å². The first-order valence-corrected chi connectivity index (χ1v) is 15.3. The van der Waals surface area contributed by atoms with E-state index in [1.807, 2.05) is 53.3 Å². The molecule has 0 unspecified atom stereocenters. The second-order valence-corrected chi connectivity index (χ2v) is 13.0. The number of ether oxygens (including phenoxy) is 1. The van der Waals surface area contributed by atoms with Crippen molar-refractivity contribution in [1.82, 2.24) is 19.3 Å². The van der Waals surface area contributed by atoms with Crippen LogP contribution in [0.3, 0.4) is 0 Å². The minimum absolute atomic E-state index is 0. The average molecular weight is 785 g/mol. The van der Waals surface area contributed by atoms with E-state index in [1.165, 1.54) is 0 Å². The van der Waals surface area contributed by atoms with Crippen LogP contribution in [0.15, 0.2) is 97.2 Å². The minimum atomic E-state index is 0. The first kappa shape index (κ1) is 30.2. The number of benzene rings is 4. The molecule has 0 bridgehead atoms. The largest absolute Gasteiger partial charge is 2.00 e. The monoisotopic (exact) mass is 784 g/mol. The van der Waals surface area contributed by atoms with Gasteiger partial charge in [-0.3, -0.25) is 4.68 Å². The van der Waals surface area contributed by atoms with Gasteiger partial charge in [0, 0.05) is 34.5 Å². The summed E-state index contributed by atoms with van der Waals surface area (Å²) in [6.45, 7) is 12.9. The number of hydrogen-bond donors (Lipinski definition) is 0. The van der Waals surface area contributed by atoms with Gasteiger partial charge in [0.1, 0.15) is 5.82 Å². The zero-order valence-corrected chi connectivity index (χ0v) is 29.2. The van der Waals surface area contributed by atoms with Gasteiger partial charge in [-0.15, -0.1) is 35.7 Å². The van der Waals surface area contributed by atoms with Crippen LogP contribution >= 0.6 is 0 Å². The van der Waals surface area contributed by atoms with Crippen LogP contribution in [0, 0.1) is 38.3 Å². The third-order valence-corrected chi connectivity index (χ3v) is 8.05. The number of para-hydroxylation sites is 1. The Kier molecular flexibility index (Phi) is 8.12. The molecule has 0 fully saturated rings. The van der Waals surface area contributed by atoms with Gasteiger partial charge in [-0.2, -0.15) is 16.7 Å². The maximum absolute atomic E-state index is 8.27. The molecule has 46 heavy (non-hydrogen) atoms. The molecule has 0 aliphatic carbocycles. The molecule has 5 nitrogen and oxygen atoms in total. The van der Waals surface area contributed by atoms with Crippen LogP contribution in [-0.2, 0) is 27.5 Å². The standard InChI is InChI=1S/C40H36N4O.Pt/c1-26-18-19-41-38(20-26)43-36-15-11-10-14-34(36)35-17-16-32(24-37(35)43)45-33-22-29(25-40(4,5)6)21-31(23-33)44-28(3)39(27(2)42-44)30-12-8-7-9-13-30;/h7-22H,25H2,1-6H3;/q-2;+2/i10D;. The van der Waals surface area contributed by atoms with Crippen LogP contribution in [0.2, 0.25) is 0 Å². The van der Waals surface area contributed by atoms with Crippen molar-refractivity contribution in [2.24, 2.45) is 5.41 Å². The van der Waals surface area contributed by atoms with E-state index in [-0.39, 0.29) is 26.5 Å². The number of pyridine rings is 1. The minimum Gasteiger partial charge on any atom is -0.509 e. The Bertz CT molecular complexity index is 2250. The van der Waals surface area contributed by atoms with Crippen molar-refractivity contribution in [3.63, 3.8) is 0 Å². The molecule has 0 saturated carbocycles. The molecule has 0 saturated heterocycles. The average Bonchev–Trinajstić information content (AvgIpc) is 3.48. The summed E-state index contributed by atoms with van der Waals surface area (Å²) in [5.74, 6) is 1.97. The molecule has 7 rings (SSSR count). The van der Waals surface area contributed by atoms with Crippen molar-refractivity contribution in [3.05, 3.63) is 132 Å². The summed E-state index contributed by atoms with van der Waals surface area (Å²) >= 11 is 0. The van der Waals surface area contributed by atoms with E-state index in [1.54, 1.807) is 0 Å². The van der Waals surface area contributed by atoms with Gasteiger partial charge >= 0.3 is 21.1 Å². The van der Waals surface area contributed by atoms with Gasteiger partial charge in [0.15, 0.2) is 0 Å². The van der Waals surface area contributed by atoms with E-state index in [0.29, 0.717) is 17.5 Å². The molecule has 0 spiro atoms.